The van der Waals surface area contributed by atoms with Crippen LogP contribution in [0, 0.1) is 0 Å². The Morgan fingerprint density at radius 2 is 1.89 bits per heavy atom. The van der Waals surface area contributed by atoms with Crippen LogP contribution in [0.4, 0.5) is 5.69 Å². The lowest BCUT2D eigenvalue weighted by Crippen LogP contribution is -2.31. The van der Waals surface area contributed by atoms with Crippen molar-refractivity contribution in [3.63, 3.8) is 0 Å². The molecule has 0 radical (unpaired) electrons. The molecule has 142 valence electrons. The zero-order chi connectivity index (χ0) is 19.1. The van der Waals surface area contributed by atoms with E-state index in [-0.39, 0.29) is 17.9 Å². The van der Waals surface area contributed by atoms with Gasteiger partial charge >= 0.3 is 0 Å². The average Bonchev–Trinajstić information content (AvgIpc) is 3.21. The summed E-state index contributed by atoms with van der Waals surface area (Å²) in [6, 6.07) is 13.9. The number of anilines is 1. The Morgan fingerprint density at radius 1 is 1.11 bits per heavy atom. The number of carbonyl (C=O) groups excluding carboxylic acids is 2. The van der Waals surface area contributed by atoms with Crippen LogP contribution in [0.1, 0.15) is 40.5 Å². The standard InChI is InChI=1S/C21H24N2O4/c1-2-26-19-8-4-3-7-18(19)21(25)23-16-11-9-15(10-12-16)20(24)22-14-17-6-5-13-27-17/h3-4,7-12,17H,2,5-6,13-14H2,1H3,(H,22,24)(H,23,25)/t17-/m1/s1. The maximum Gasteiger partial charge on any atom is 0.259 e. The molecule has 6 nitrogen and oxygen atoms in total. The van der Waals surface area contributed by atoms with Gasteiger partial charge < -0.3 is 20.1 Å². The lowest BCUT2D eigenvalue weighted by atomic mass is 10.1. The fraction of sp³-hybridized carbons (Fsp3) is 0.333. The Morgan fingerprint density at radius 3 is 2.59 bits per heavy atom. The third-order valence-corrected chi connectivity index (χ3v) is 4.35. The number of benzene rings is 2. The summed E-state index contributed by atoms with van der Waals surface area (Å²) in [7, 11) is 0. The van der Waals surface area contributed by atoms with Gasteiger partial charge in [-0.15, -0.1) is 0 Å². The van der Waals surface area contributed by atoms with Gasteiger partial charge in [-0.25, -0.2) is 0 Å². The normalized spacial score (nSPS) is 16.0. The second-order valence-corrected chi connectivity index (χ2v) is 6.31. The van der Waals surface area contributed by atoms with Crippen LogP contribution in [0.5, 0.6) is 5.75 Å². The number of hydrogen-bond acceptors (Lipinski definition) is 4. The number of nitrogens with one attached hydrogen (secondary N) is 2. The van der Waals surface area contributed by atoms with E-state index in [0.717, 1.165) is 19.4 Å². The van der Waals surface area contributed by atoms with Gasteiger partial charge in [0.2, 0.25) is 0 Å². The molecule has 2 N–H and O–H groups in total. The first-order valence-electron chi connectivity index (χ1n) is 9.20. The number of carbonyl (C=O) groups is 2. The molecule has 2 aromatic carbocycles. The number of amides is 2. The Bertz CT molecular complexity index is 783. The summed E-state index contributed by atoms with van der Waals surface area (Å²) in [5.74, 6) is 0.141. The van der Waals surface area contributed by atoms with Gasteiger partial charge in [-0.2, -0.15) is 0 Å². The van der Waals surface area contributed by atoms with Crippen molar-refractivity contribution in [1.82, 2.24) is 5.32 Å². The molecule has 1 saturated heterocycles. The Balaban J connectivity index is 1.58. The maximum atomic E-state index is 12.5. The lowest BCUT2D eigenvalue weighted by molar-refractivity contribution is 0.0857. The Hall–Kier alpha value is -2.86. The third kappa shape index (κ3) is 5.08. The number of ether oxygens (including phenoxy) is 2. The summed E-state index contributed by atoms with van der Waals surface area (Å²) in [5.41, 5.74) is 1.63. The molecule has 0 aromatic heterocycles. The van der Waals surface area contributed by atoms with Gasteiger partial charge in [0.05, 0.1) is 18.3 Å². The summed E-state index contributed by atoms with van der Waals surface area (Å²) in [6.45, 7) is 3.64. The third-order valence-electron chi connectivity index (χ3n) is 4.35. The van der Waals surface area contributed by atoms with Crippen molar-refractivity contribution in [2.24, 2.45) is 0 Å². The van der Waals surface area contributed by atoms with Crippen LogP contribution in [0.15, 0.2) is 48.5 Å². The van der Waals surface area contributed by atoms with Gasteiger partial charge in [0.1, 0.15) is 5.75 Å². The van der Waals surface area contributed by atoms with Crippen molar-refractivity contribution in [1.29, 1.82) is 0 Å². The Kier molecular flexibility index (Phi) is 6.44. The molecule has 0 unspecified atom stereocenters. The monoisotopic (exact) mass is 368 g/mol. The van der Waals surface area contributed by atoms with Crippen LogP contribution in [-0.4, -0.2) is 37.7 Å². The quantitative estimate of drug-likeness (QED) is 0.787. The predicted octanol–water partition coefficient (Wildman–Crippen LogP) is 3.25. The molecule has 0 spiro atoms. The van der Waals surface area contributed by atoms with E-state index in [9.17, 15) is 9.59 Å². The molecule has 2 aromatic rings. The van der Waals surface area contributed by atoms with Crippen molar-refractivity contribution in [2.45, 2.75) is 25.9 Å². The fourth-order valence-corrected chi connectivity index (χ4v) is 2.95. The van der Waals surface area contributed by atoms with Crippen LogP contribution in [-0.2, 0) is 4.74 Å². The van der Waals surface area contributed by atoms with Crippen molar-refractivity contribution in [2.75, 3.05) is 25.1 Å². The van der Waals surface area contributed by atoms with E-state index in [4.69, 9.17) is 9.47 Å². The second kappa shape index (κ2) is 9.19. The molecule has 1 fully saturated rings. The molecule has 1 aliphatic heterocycles. The molecule has 1 heterocycles. The van der Waals surface area contributed by atoms with Gasteiger partial charge in [0, 0.05) is 24.4 Å². The maximum absolute atomic E-state index is 12.5. The first kappa shape index (κ1) is 18.9. The molecular weight excluding hydrogens is 344 g/mol. The van der Waals surface area contributed by atoms with Crippen molar-refractivity contribution in [3.8, 4) is 5.75 Å². The molecular formula is C21H24N2O4. The molecule has 0 saturated carbocycles. The van der Waals surface area contributed by atoms with Crippen LogP contribution in [0.25, 0.3) is 0 Å². The van der Waals surface area contributed by atoms with E-state index < -0.39 is 0 Å². The molecule has 1 aliphatic rings. The van der Waals surface area contributed by atoms with E-state index >= 15 is 0 Å². The Labute approximate surface area is 158 Å². The summed E-state index contributed by atoms with van der Waals surface area (Å²) < 4.78 is 11.0. The van der Waals surface area contributed by atoms with Crippen molar-refractivity contribution in [3.05, 3.63) is 59.7 Å². The molecule has 1 atom stereocenters. The summed E-state index contributed by atoms with van der Waals surface area (Å²) in [4.78, 5) is 24.7. The highest BCUT2D eigenvalue weighted by Gasteiger charge is 2.17. The lowest BCUT2D eigenvalue weighted by Gasteiger charge is -2.12. The van der Waals surface area contributed by atoms with Gasteiger partial charge in [0.25, 0.3) is 11.8 Å². The number of para-hydroxylation sites is 1. The topological polar surface area (TPSA) is 76.7 Å². The molecule has 0 aliphatic carbocycles. The highest BCUT2D eigenvalue weighted by Crippen LogP contribution is 2.20. The molecule has 0 bridgehead atoms. The first-order valence-corrected chi connectivity index (χ1v) is 9.20. The molecule has 6 heteroatoms. The van der Waals surface area contributed by atoms with E-state index in [0.29, 0.717) is 35.7 Å². The molecule has 27 heavy (non-hydrogen) atoms. The zero-order valence-electron chi connectivity index (χ0n) is 15.4. The summed E-state index contributed by atoms with van der Waals surface area (Å²) >= 11 is 0. The van der Waals surface area contributed by atoms with Gasteiger partial charge in [0.15, 0.2) is 0 Å². The van der Waals surface area contributed by atoms with E-state index in [1.54, 1.807) is 42.5 Å². The van der Waals surface area contributed by atoms with Crippen molar-refractivity contribution >= 4 is 17.5 Å². The minimum absolute atomic E-state index is 0.109. The highest BCUT2D eigenvalue weighted by atomic mass is 16.5. The predicted molar refractivity (Wildman–Crippen MR) is 103 cm³/mol. The van der Waals surface area contributed by atoms with Crippen LogP contribution < -0.4 is 15.4 Å². The van der Waals surface area contributed by atoms with Gasteiger partial charge in [-0.1, -0.05) is 12.1 Å². The average molecular weight is 368 g/mol. The SMILES string of the molecule is CCOc1ccccc1C(=O)Nc1ccc(C(=O)NC[C@H]2CCCO2)cc1. The largest absolute Gasteiger partial charge is 0.493 e. The summed E-state index contributed by atoms with van der Waals surface area (Å²) in [5, 5.41) is 5.71. The van der Waals surface area contributed by atoms with E-state index in [1.807, 2.05) is 13.0 Å². The highest BCUT2D eigenvalue weighted by molar-refractivity contribution is 6.06. The van der Waals surface area contributed by atoms with Crippen LogP contribution in [0.2, 0.25) is 0 Å². The van der Waals surface area contributed by atoms with E-state index in [1.165, 1.54) is 0 Å². The van der Waals surface area contributed by atoms with Crippen LogP contribution in [0.3, 0.4) is 0 Å². The minimum Gasteiger partial charge on any atom is -0.493 e. The minimum atomic E-state index is -0.255. The molecule has 3 rings (SSSR count). The zero-order valence-corrected chi connectivity index (χ0v) is 15.4. The van der Waals surface area contributed by atoms with Crippen LogP contribution >= 0.6 is 0 Å². The smallest absolute Gasteiger partial charge is 0.259 e. The van der Waals surface area contributed by atoms with Gasteiger partial charge in [-0.05, 0) is 56.2 Å². The van der Waals surface area contributed by atoms with Crippen molar-refractivity contribution < 1.29 is 19.1 Å². The number of hydrogen-bond donors (Lipinski definition) is 2. The molecule has 2 amide bonds. The van der Waals surface area contributed by atoms with Gasteiger partial charge in [-0.3, -0.25) is 9.59 Å². The summed E-state index contributed by atoms with van der Waals surface area (Å²) in [6.07, 6.45) is 2.13. The second-order valence-electron chi connectivity index (χ2n) is 6.31. The van der Waals surface area contributed by atoms with E-state index in [2.05, 4.69) is 10.6 Å². The number of rotatable bonds is 7. The first-order chi connectivity index (χ1) is 13.2. The fourth-order valence-electron chi connectivity index (χ4n) is 2.95.